The van der Waals surface area contributed by atoms with Gasteiger partial charge >= 0.3 is 29.6 Å². The van der Waals surface area contributed by atoms with E-state index in [1.165, 1.54) is 6.07 Å². The van der Waals surface area contributed by atoms with Crippen LogP contribution in [0.3, 0.4) is 0 Å². The van der Waals surface area contributed by atoms with Gasteiger partial charge in [-0.2, -0.15) is 0 Å². The van der Waals surface area contributed by atoms with Crippen molar-refractivity contribution in [1.29, 1.82) is 0 Å². The largest absolute Gasteiger partial charge is 1.00 e. The summed E-state index contributed by atoms with van der Waals surface area (Å²) in [6.07, 6.45) is 5.35. The zero-order valence-electron chi connectivity index (χ0n) is 17.0. The van der Waals surface area contributed by atoms with Crippen LogP contribution in [0.1, 0.15) is 37.5 Å². The summed E-state index contributed by atoms with van der Waals surface area (Å²) in [6.45, 7) is 2.32. The molecule has 0 aliphatic heterocycles. The third-order valence-corrected chi connectivity index (χ3v) is 4.69. The van der Waals surface area contributed by atoms with Crippen LogP contribution in [0.25, 0.3) is 6.08 Å². The Morgan fingerprint density at radius 2 is 1.83 bits per heavy atom. The van der Waals surface area contributed by atoms with E-state index in [1.807, 2.05) is 23.8 Å². The number of carbonyl (C=O) groups is 2. The predicted octanol–water partition coefficient (Wildman–Crippen LogP) is 0.770. The minimum Gasteiger partial charge on any atom is -0.545 e. The van der Waals surface area contributed by atoms with Crippen LogP contribution in [0.2, 0.25) is 5.02 Å². The fourth-order valence-corrected chi connectivity index (χ4v) is 3.20. The molecule has 1 aromatic heterocycles. The number of allylic oxidation sites excluding steroid dienone is 1. The van der Waals surface area contributed by atoms with Gasteiger partial charge in [0.05, 0.1) is 18.8 Å². The molecular weight excluding hydrogens is 413 g/mol. The summed E-state index contributed by atoms with van der Waals surface area (Å²) in [5.41, 5.74) is 2.57. The van der Waals surface area contributed by atoms with E-state index in [9.17, 15) is 14.7 Å². The van der Waals surface area contributed by atoms with Crippen molar-refractivity contribution < 1.29 is 49.0 Å². The molecule has 3 rings (SSSR count). The Balaban J connectivity index is 0.00000320. The third kappa shape index (κ3) is 5.64. The minimum absolute atomic E-state index is 0. The number of halogens is 1. The molecule has 30 heavy (non-hydrogen) atoms. The normalized spacial score (nSPS) is 10.6. The number of aromatic carboxylic acids is 1. The molecule has 0 saturated carbocycles. The van der Waals surface area contributed by atoms with Gasteiger partial charge in [-0.1, -0.05) is 29.8 Å². The van der Waals surface area contributed by atoms with Gasteiger partial charge in [0.25, 0.3) is 0 Å². The Labute approximate surface area is 202 Å². The topological polar surface area (TPSA) is 71.4 Å². The van der Waals surface area contributed by atoms with E-state index in [0.29, 0.717) is 34.1 Å². The number of aryl methyl sites for hydroxylation is 1. The second-order valence-electron chi connectivity index (χ2n) is 6.53. The van der Waals surface area contributed by atoms with E-state index < -0.39 is 5.97 Å². The zero-order valence-corrected chi connectivity index (χ0v) is 19.8. The molecule has 1 heterocycles. The van der Waals surface area contributed by atoms with Crippen LogP contribution in [0, 0.1) is 6.92 Å². The number of ketones is 1. The second-order valence-corrected chi connectivity index (χ2v) is 6.97. The first-order chi connectivity index (χ1) is 13.9. The first-order valence-corrected chi connectivity index (χ1v) is 9.30. The first-order valence-electron chi connectivity index (χ1n) is 8.92. The summed E-state index contributed by atoms with van der Waals surface area (Å²) in [4.78, 5) is 24.2. The van der Waals surface area contributed by atoms with Crippen molar-refractivity contribution in [1.82, 2.24) is 4.57 Å². The van der Waals surface area contributed by atoms with Crippen molar-refractivity contribution in [2.75, 3.05) is 7.11 Å². The summed E-state index contributed by atoms with van der Waals surface area (Å²) >= 11 is 5.86. The molecule has 3 aromatic rings. The molecule has 0 aliphatic rings. The zero-order chi connectivity index (χ0) is 21.0. The number of carboxylic acid groups (broad SMARTS) is 1. The molecule has 0 bridgehead atoms. The summed E-state index contributed by atoms with van der Waals surface area (Å²) < 4.78 is 6.96. The van der Waals surface area contributed by atoms with Gasteiger partial charge in [0.2, 0.25) is 5.78 Å². The molecule has 0 unspecified atom stereocenters. The Morgan fingerprint density at radius 3 is 2.47 bits per heavy atom. The van der Waals surface area contributed by atoms with E-state index in [-0.39, 0.29) is 40.9 Å². The van der Waals surface area contributed by atoms with Gasteiger partial charge in [0, 0.05) is 28.9 Å². The van der Waals surface area contributed by atoms with Crippen LogP contribution < -0.4 is 39.4 Å². The van der Waals surface area contributed by atoms with Gasteiger partial charge in [0.15, 0.2) is 0 Å². The SMILES string of the molecule is COc1ccc(C(=O)c2cc(C)cn2C/C=C/c2ccc(Cl)cc2C(=O)[O-])cc1.[Na+]. The average Bonchev–Trinajstić information content (AvgIpc) is 3.08. The number of rotatable bonds is 7. The molecule has 0 atom stereocenters. The van der Waals surface area contributed by atoms with Gasteiger partial charge in [-0.3, -0.25) is 4.79 Å². The molecule has 0 spiro atoms. The fraction of sp³-hybridized carbons (Fsp3) is 0.130. The van der Waals surface area contributed by atoms with E-state index in [1.54, 1.807) is 55.7 Å². The quantitative estimate of drug-likeness (QED) is 0.409. The molecular formula is C23H19ClNNaO4. The third-order valence-electron chi connectivity index (χ3n) is 4.45. The van der Waals surface area contributed by atoms with Crippen molar-refractivity contribution >= 4 is 29.4 Å². The van der Waals surface area contributed by atoms with E-state index in [2.05, 4.69) is 0 Å². The Kier molecular flexibility index (Phi) is 8.50. The molecule has 7 heteroatoms. The van der Waals surface area contributed by atoms with Crippen LogP contribution in [-0.2, 0) is 6.54 Å². The van der Waals surface area contributed by atoms with Crippen LogP contribution in [0.5, 0.6) is 5.75 Å². The number of aromatic nitrogens is 1. The van der Waals surface area contributed by atoms with Gasteiger partial charge in [-0.15, -0.1) is 0 Å². The Morgan fingerprint density at radius 1 is 1.13 bits per heavy atom. The summed E-state index contributed by atoms with van der Waals surface area (Å²) in [6, 6.07) is 13.4. The summed E-state index contributed by atoms with van der Waals surface area (Å²) in [7, 11) is 1.57. The van der Waals surface area contributed by atoms with Gasteiger partial charge < -0.3 is 19.2 Å². The Hall–Kier alpha value is -2.31. The molecule has 0 amide bonds. The maximum Gasteiger partial charge on any atom is 1.00 e. The molecule has 0 saturated heterocycles. The second kappa shape index (κ2) is 10.6. The molecule has 5 nitrogen and oxygen atoms in total. The van der Waals surface area contributed by atoms with Crippen LogP contribution >= 0.6 is 11.6 Å². The van der Waals surface area contributed by atoms with E-state index in [4.69, 9.17) is 16.3 Å². The number of hydrogen-bond acceptors (Lipinski definition) is 4. The standard InChI is InChI=1S/C23H20ClNO4.Na/c1-15-12-21(22(26)17-6-9-19(29-2)10-7-17)25(14-15)11-3-4-16-5-8-18(24)13-20(16)23(27)28;/h3-10,12-14H,11H2,1-2H3,(H,27,28);/q;+1/p-1/b4-3+;. The molecule has 0 aliphatic carbocycles. The van der Waals surface area contributed by atoms with Crippen LogP contribution in [0.4, 0.5) is 0 Å². The van der Waals surface area contributed by atoms with Crippen molar-refractivity contribution in [3.05, 3.63) is 93.8 Å². The number of carboxylic acids is 1. The van der Waals surface area contributed by atoms with Crippen molar-refractivity contribution in [2.24, 2.45) is 0 Å². The average molecular weight is 432 g/mol. The number of methoxy groups -OCH3 is 1. The maximum atomic E-state index is 12.9. The number of nitrogens with zero attached hydrogens (tertiary/aromatic N) is 1. The van der Waals surface area contributed by atoms with Crippen molar-refractivity contribution in [3.63, 3.8) is 0 Å². The molecule has 0 radical (unpaired) electrons. The number of carbonyl (C=O) groups excluding carboxylic acids is 2. The number of benzene rings is 2. The van der Waals surface area contributed by atoms with E-state index >= 15 is 0 Å². The molecule has 2 aromatic carbocycles. The van der Waals surface area contributed by atoms with Crippen LogP contribution in [-0.4, -0.2) is 23.4 Å². The van der Waals surface area contributed by atoms with Gasteiger partial charge in [-0.25, -0.2) is 0 Å². The van der Waals surface area contributed by atoms with E-state index in [0.717, 1.165) is 5.56 Å². The smallest absolute Gasteiger partial charge is 0.545 e. The van der Waals surface area contributed by atoms with Gasteiger partial charge in [-0.05, 0) is 60.5 Å². The van der Waals surface area contributed by atoms with Crippen molar-refractivity contribution in [2.45, 2.75) is 13.5 Å². The van der Waals surface area contributed by atoms with Crippen LogP contribution in [0.15, 0.2) is 60.8 Å². The van der Waals surface area contributed by atoms with Gasteiger partial charge in [0.1, 0.15) is 5.75 Å². The summed E-state index contributed by atoms with van der Waals surface area (Å²) in [5, 5.41) is 11.6. The monoisotopic (exact) mass is 431 g/mol. The molecule has 0 N–H and O–H groups in total. The fourth-order valence-electron chi connectivity index (χ4n) is 3.03. The maximum absolute atomic E-state index is 12.9. The Bertz CT molecular complexity index is 1090. The first kappa shape index (κ1) is 24.0. The molecule has 0 fully saturated rings. The number of ether oxygens (including phenoxy) is 1. The predicted molar refractivity (Wildman–Crippen MR) is 110 cm³/mol. The molecule has 148 valence electrons. The number of hydrogen-bond donors (Lipinski definition) is 0. The summed E-state index contributed by atoms with van der Waals surface area (Å²) in [5.74, 6) is -0.710. The van der Waals surface area contributed by atoms with Crippen molar-refractivity contribution in [3.8, 4) is 5.75 Å². The minimum atomic E-state index is -1.29.